The van der Waals surface area contributed by atoms with Crippen LogP contribution in [0.15, 0.2) is 18.2 Å². The van der Waals surface area contributed by atoms with Crippen LogP contribution in [0.3, 0.4) is 0 Å². The first kappa shape index (κ1) is 10.8. The maximum absolute atomic E-state index is 11.9. The van der Waals surface area contributed by atoms with E-state index in [2.05, 4.69) is 0 Å². The molecule has 1 fully saturated rings. The molecule has 3 nitrogen and oxygen atoms in total. The molecule has 1 saturated carbocycles. The number of amides is 1. The number of fused-ring (bicyclic) bond motifs is 1. The molecule has 0 atom stereocenters. The van der Waals surface area contributed by atoms with Crippen molar-refractivity contribution >= 4 is 29.0 Å². The lowest BCUT2D eigenvalue weighted by Crippen LogP contribution is -2.31. The predicted octanol–water partition coefficient (Wildman–Crippen LogP) is 2.67. The van der Waals surface area contributed by atoms with E-state index in [1.807, 2.05) is 0 Å². The molecule has 1 aromatic carbocycles. The predicted molar refractivity (Wildman–Crippen MR) is 65.5 cm³/mol. The summed E-state index contributed by atoms with van der Waals surface area (Å²) in [7, 11) is 0. The zero-order valence-corrected chi connectivity index (χ0v) is 10.0. The van der Waals surface area contributed by atoms with E-state index in [-0.39, 0.29) is 0 Å². The maximum Gasteiger partial charge on any atom is 0.299 e. The first-order valence-electron chi connectivity index (χ1n) is 5.83. The van der Waals surface area contributed by atoms with Gasteiger partial charge in [0.05, 0.1) is 16.3 Å². The molecule has 0 radical (unpaired) electrons. The molecular formula is C13H12ClNO2. The summed E-state index contributed by atoms with van der Waals surface area (Å²) in [5.74, 6) is -0.142. The van der Waals surface area contributed by atoms with Crippen LogP contribution < -0.4 is 4.90 Å². The molecule has 0 aromatic heterocycles. The Morgan fingerprint density at radius 3 is 2.76 bits per heavy atom. The second-order valence-electron chi connectivity index (χ2n) is 4.65. The Bertz CT molecular complexity index is 508. The van der Waals surface area contributed by atoms with Crippen LogP contribution in [0.25, 0.3) is 0 Å². The van der Waals surface area contributed by atoms with Crippen LogP contribution >= 0.6 is 11.6 Å². The number of carbonyl (C=O) groups is 2. The van der Waals surface area contributed by atoms with Gasteiger partial charge in [-0.15, -0.1) is 0 Å². The molecule has 1 heterocycles. The van der Waals surface area contributed by atoms with Crippen molar-refractivity contribution in [3.05, 3.63) is 28.8 Å². The molecule has 88 valence electrons. The van der Waals surface area contributed by atoms with Gasteiger partial charge in [0.2, 0.25) is 0 Å². The Hall–Kier alpha value is -1.35. The van der Waals surface area contributed by atoms with Crippen molar-refractivity contribution in [3.63, 3.8) is 0 Å². The van der Waals surface area contributed by atoms with Gasteiger partial charge in [-0.3, -0.25) is 9.59 Å². The molecule has 0 N–H and O–H groups in total. The summed E-state index contributed by atoms with van der Waals surface area (Å²) in [6.45, 7) is 0.603. The van der Waals surface area contributed by atoms with Crippen molar-refractivity contribution < 1.29 is 9.59 Å². The number of hydrogen-bond donors (Lipinski definition) is 0. The highest BCUT2D eigenvalue weighted by molar-refractivity contribution is 6.54. The lowest BCUT2D eigenvalue weighted by atomic mass is 10.1. The highest BCUT2D eigenvalue weighted by Gasteiger charge is 2.37. The highest BCUT2D eigenvalue weighted by atomic mass is 35.5. The van der Waals surface area contributed by atoms with E-state index in [9.17, 15) is 9.59 Å². The third kappa shape index (κ3) is 1.75. The van der Waals surface area contributed by atoms with Gasteiger partial charge in [-0.2, -0.15) is 0 Å². The zero-order valence-electron chi connectivity index (χ0n) is 9.28. The SMILES string of the molecule is O=C1C(=O)N(CCC2CC2)c2c(Cl)cccc21. The van der Waals surface area contributed by atoms with Crippen LogP contribution in [-0.2, 0) is 4.79 Å². The Labute approximate surface area is 104 Å². The van der Waals surface area contributed by atoms with E-state index < -0.39 is 11.7 Å². The molecule has 0 spiro atoms. The number of para-hydroxylation sites is 1. The number of nitrogens with zero attached hydrogens (tertiary/aromatic N) is 1. The third-order valence-corrected chi connectivity index (χ3v) is 3.70. The van der Waals surface area contributed by atoms with Crippen LogP contribution in [0.1, 0.15) is 29.6 Å². The maximum atomic E-state index is 11.9. The minimum atomic E-state index is -0.436. The monoisotopic (exact) mass is 249 g/mol. The normalized spacial score (nSPS) is 18.8. The largest absolute Gasteiger partial charge is 0.303 e. The van der Waals surface area contributed by atoms with Crippen LogP contribution in [0.5, 0.6) is 0 Å². The second kappa shape index (κ2) is 3.84. The summed E-state index contributed by atoms with van der Waals surface area (Å²) in [5, 5.41) is 0.484. The Morgan fingerprint density at radius 1 is 1.29 bits per heavy atom. The summed E-state index contributed by atoms with van der Waals surface area (Å²) in [6.07, 6.45) is 3.44. The number of benzene rings is 1. The van der Waals surface area contributed by atoms with Gasteiger partial charge in [0.1, 0.15) is 0 Å². The fraction of sp³-hybridized carbons (Fsp3) is 0.385. The van der Waals surface area contributed by atoms with Crippen molar-refractivity contribution in [2.45, 2.75) is 19.3 Å². The average Bonchev–Trinajstić information content (AvgIpc) is 3.10. The van der Waals surface area contributed by atoms with Gasteiger partial charge in [0.15, 0.2) is 0 Å². The summed E-state index contributed by atoms with van der Waals surface area (Å²) >= 11 is 6.08. The van der Waals surface area contributed by atoms with E-state index >= 15 is 0 Å². The van der Waals surface area contributed by atoms with Gasteiger partial charge in [0.25, 0.3) is 11.7 Å². The number of anilines is 1. The summed E-state index contributed by atoms with van der Waals surface area (Å²) in [4.78, 5) is 25.2. The number of rotatable bonds is 3. The molecule has 2 aliphatic rings. The molecule has 1 aliphatic heterocycles. The van der Waals surface area contributed by atoms with Crippen LogP contribution in [-0.4, -0.2) is 18.2 Å². The second-order valence-corrected chi connectivity index (χ2v) is 5.06. The molecule has 0 unspecified atom stereocenters. The molecule has 0 bridgehead atoms. The molecule has 1 aromatic rings. The van der Waals surface area contributed by atoms with Crippen LogP contribution in [0, 0.1) is 5.92 Å². The summed E-state index contributed by atoms with van der Waals surface area (Å²) in [6, 6.07) is 5.09. The van der Waals surface area contributed by atoms with Gasteiger partial charge in [-0.05, 0) is 24.5 Å². The van der Waals surface area contributed by atoms with Gasteiger partial charge in [0, 0.05) is 6.54 Å². The standard InChI is InChI=1S/C13H12ClNO2/c14-10-3-1-2-9-11(10)15(13(17)12(9)16)7-6-8-4-5-8/h1-3,8H,4-7H2. The van der Waals surface area contributed by atoms with E-state index in [0.29, 0.717) is 22.8 Å². The van der Waals surface area contributed by atoms with E-state index in [0.717, 1.165) is 12.3 Å². The minimum Gasteiger partial charge on any atom is -0.303 e. The Morgan fingerprint density at radius 2 is 2.06 bits per heavy atom. The molecule has 1 aliphatic carbocycles. The fourth-order valence-corrected chi connectivity index (χ4v) is 2.52. The smallest absolute Gasteiger partial charge is 0.299 e. The number of Topliss-reactive ketones (excluding diaryl/α,β-unsaturated/α-hetero) is 1. The number of ketones is 1. The number of halogens is 1. The topological polar surface area (TPSA) is 37.4 Å². The quantitative estimate of drug-likeness (QED) is 0.773. The van der Waals surface area contributed by atoms with E-state index in [1.54, 1.807) is 23.1 Å². The van der Waals surface area contributed by atoms with Crippen molar-refractivity contribution in [3.8, 4) is 0 Å². The molecular weight excluding hydrogens is 238 g/mol. The Kier molecular flexibility index (Phi) is 2.44. The minimum absolute atomic E-state index is 0.432. The number of hydrogen-bond acceptors (Lipinski definition) is 2. The lowest BCUT2D eigenvalue weighted by molar-refractivity contribution is -0.114. The van der Waals surface area contributed by atoms with Gasteiger partial charge in [-0.1, -0.05) is 30.5 Å². The van der Waals surface area contributed by atoms with E-state index in [1.165, 1.54) is 12.8 Å². The van der Waals surface area contributed by atoms with Crippen LogP contribution in [0.2, 0.25) is 5.02 Å². The van der Waals surface area contributed by atoms with Crippen molar-refractivity contribution in [2.24, 2.45) is 5.92 Å². The van der Waals surface area contributed by atoms with Crippen LogP contribution in [0.4, 0.5) is 5.69 Å². The summed E-state index contributed by atoms with van der Waals surface area (Å²) in [5.41, 5.74) is 1.04. The average molecular weight is 250 g/mol. The van der Waals surface area contributed by atoms with Gasteiger partial charge < -0.3 is 4.90 Å². The molecule has 0 saturated heterocycles. The highest BCUT2D eigenvalue weighted by Crippen LogP contribution is 2.38. The van der Waals surface area contributed by atoms with Crippen molar-refractivity contribution in [1.29, 1.82) is 0 Å². The molecule has 4 heteroatoms. The third-order valence-electron chi connectivity index (χ3n) is 3.40. The van der Waals surface area contributed by atoms with Gasteiger partial charge >= 0.3 is 0 Å². The van der Waals surface area contributed by atoms with E-state index in [4.69, 9.17) is 11.6 Å². The van der Waals surface area contributed by atoms with Crippen molar-refractivity contribution in [1.82, 2.24) is 0 Å². The first-order chi connectivity index (χ1) is 8.18. The van der Waals surface area contributed by atoms with Gasteiger partial charge in [-0.25, -0.2) is 0 Å². The Balaban J connectivity index is 1.93. The lowest BCUT2D eigenvalue weighted by Gasteiger charge is -2.17. The number of carbonyl (C=O) groups excluding carboxylic acids is 2. The summed E-state index contributed by atoms with van der Waals surface area (Å²) < 4.78 is 0. The fourth-order valence-electron chi connectivity index (χ4n) is 2.24. The van der Waals surface area contributed by atoms with Crippen molar-refractivity contribution in [2.75, 3.05) is 11.4 Å². The molecule has 1 amide bonds. The zero-order chi connectivity index (χ0) is 12.0. The molecule has 17 heavy (non-hydrogen) atoms. The first-order valence-corrected chi connectivity index (χ1v) is 6.21. The molecule has 3 rings (SSSR count).